The average molecular weight is 318 g/mol. The van der Waals surface area contributed by atoms with Crippen LogP contribution >= 0.6 is 0 Å². The summed E-state index contributed by atoms with van der Waals surface area (Å²) in [6, 6.07) is 6.89. The van der Waals surface area contributed by atoms with Crippen LogP contribution in [0.25, 0.3) is 0 Å². The number of nitrogens with zero attached hydrogens (tertiary/aromatic N) is 2. The van der Waals surface area contributed by atoms with E-state index in [1.165, 1.54) is 10.5 Å². The minimum Gasteiger partial charge on any atom is -0.480 e. The van der Waals surface area contributed by atoms with Gasteiger partial charge in [0.15, 0.2) is 0 Å². The van der Waals surface area contributed by atoms with E-state index < -0.39 is 12.0 Å². The van der Waals surface area contributed by atoms with Gasteiger partial charge in [0.2, 0.25) is 0 Å². The highest BCUT2D eigenvalue weighted by Gasteiger charge is 2.34. The first kappa shape index (κ1) is 17.5. The molecule has 1 amide bonds. The summed E-state index contributed by atoms with van der Waals surface area (Å²) in [6.45, 7) is 7.78. The summed E-state index contributed by atoms with van der Waals surface area (Å²) in [5.74, 6) is -1.09. The van der Waals surface area contributed by atoms with Crippen LogP contribution in [0.5, 0.6) is 0 Å². The Labute approximate surface area is 137 Å². The van der Waals surface area contributed by atoms with Gasteiger partial charge >= 0.3 is 5.97 Å². The van der Waals surface area contributed by atoms with Crippen molar-refractivity contribution in [1.29, 1.82) is 0 Å². The highest BCUT2D eigenvalue weighted by atomic mass is 16.4. The molecule has 0 aliphatic carbocycles. The minimum absolute atomic E-state index is 0.178. The molecular formula is C18H26N2O3. The summed E-state index contributed by atoms with van der Waals surface area (Å²) in [4.78, 5) is 27.6. The van der Waals surface area contributed by atoms with E-state index in [-0.39, 0.29) is 5.91 Å². The van der Waals surface area contributed by atoms with Crippen LogP contribution in [-0.2, 0) is 11.3 Å². The van der Waals surface area contributed by atoms with Crippen molar-refractivity contribution in [3.05, 3.63) is 35.4 Å². The third kappa shape index (κ3) is 4.32. The molecule has 126 valence electrons. The molecule has 1 aliphatic heterocycles. The quantitative estimate of drug-likeness (QED) is 0.839. The van der Waals surface area contributed by atoms with E-state index in [1.54, 1.807) is 0 Å². The fourth-order valence-electron chi connectivity index (χ4n) is 3.11. The summed E-state index contributed by atoms with van der Waals surface area (Å²) in [7, 11) is 0. The Balaban J connectivity index is 2.04. The molecule has 5 nitrogen and oxygen atoms in total. The maximum atomic E-state index is 12.5. The SMILES string of the molecule is CCCN(CC)Cc1ccc(C(=O)N2CCCC2C(=O)O)cc1. The number of hydrogen-bond donors (Lipinski definition) is 1. The van der Waals surface area contributed by atoms with Gasteiger partial charge in [0, 0.05) is 18.7 Å². The number of aliphatic carboxylic acids is 1. The number of rotatable bonds is 7. The van der Waals surface area contributed by atoms with Crippen LogP contribution in [0.2, 0.25) is 0 Å². The summed E-state index contributed by atoms with van der Waals surface area (Å²) < 4.78 is 0. The Morgan fingerprint density at radius 1 is 1.26 bits per heavy atom. The Morgan fingerprint density at radius 2 is 1.96 bits per heavy atom. The van der Waals surface area contributed by atoms with Crippen LogP contribution in [0, 0.1) is 0 Å². The van der Waals surface area contributed by atoms with Crippen molar-refractivity contribution in [3.8, 4) is 0 Å². The van der Waals surface area contributed by atoms with Gasteiger partial charge in [-0.3, -0.25) is 9.69 Å². The summed E-state index contributed by atoms with van der Waals surface area (Å²) in [5.41, 5.74) is 1.74. The van der Waals surface area contributed by atoms with Crippen LogP contribution in [0.15, 0.2) is 24.3 Å². The van der Waals surface area contributed by atoms with E-state index in [2.05, 4.69) is 18.7 Å². The largest absolute Gasteiger partial charge is 0.480 e. The van der Waals surface area contributed by atoms with Gasteiger partial charge in [-0.1, -0.05) is 26.0 Å². The summed E-state index contributed by atoms with van der Waals surface area (Å²) >= 11 is 0. The number of carbonyl (C=O) groups excluding carboxylic acids is 1. The van der Waals surface area contributed by atoms with Gasteiger partial charge < -0.3 is 10.0 Å². The van der Waals surface area contributed by atoms with E-state index in [0.29, 0.717) is 18.5 Å². The molecule has 0 radical (unpaired) electrons. The van der Waals surface area contributed by atoms with Crippen molar-refractivity contribution in [3.63, 3.8) is 0 Å². The summed E-state index contributed by atoms with van der Waals surface area (Å²) in [6.07, 6.45) is 2.42. The molecule has 23 heavy (non-hydrogen) atoms. The smallest absolute Gasteiger partial charge is 0.326 e. The molecule has 5 heteroatoms. The minimum atomic E-state index is -0.911. The lowest BCUT2D eigenvalue weighted by atomic mass is 10.1. The first-order valence-electron chi connectivity index (χ1n) is 8.41. The highest BCUT2D eigenvalue weighted by Crippen LogP contribution is 2.20. The second-order valence-corrected chi connectivity index (χ2v) is 6.06. The molecule has 1 aliphatic rings. The zero-order chi connectivity index (χ0) is 16.8. The highest BCUT2D eigenvalue weighted by molar-refractivity contribution is 5.97. The normalized spacial score (nSPS) is 17.7. The maximum Gasteiger partial charge on any atom is 0.326 e. The Morgan fingerprint density at radius 3 is 2.52 bits per heavy atom. The van der Waals surface area contributed by atoms with Crippen molar-refractivity contribution in [2.24, 2.45) is 0 Å². The van der Waals surface area contributed by atoms with Gasteiger partial charge in [-0.15, -0.1) is 0 Å². The number of carboxylic acid groups (broad SMARTS) is 1. The lowest BCUT2D eigenvalue weighted by Crippen LogP contribution is -2.40. The predicted molar refractivity (Wildman–Crippen MR) is 89.4 cm³/mol. The standard InChI is InChI=1S/C18H26N2O3/c1-3-11-19(4-2)13-14-7-9-15(10-8-14)17(21)20-12-5-6-16(20)18(22)23/h7-10,16H,3-6,11-13H2,1-2H3,(H,22,23). The number of carbonyl (C=O) groups is 2. The molecule has 1 unspecified atom stereocenters. The molecule has 0 saturated carbocycles. The van der Waals surface area contributed by atoms with Gasteiger partial charge in [-0.05, 0) is 50.0 Å². The van der Waals surface area contributed by atoms with E-state index in [9.17, 15) is 14.7 Å². The topological polar surface area (TPSA) is 60.9 Å². The van der Waals surface area contributed by atoms with Crippen molar-refractivity contribution in [2.45, 2.75) is 45.7 Å². The van der Waals surface area contributed by atoms with E-state index >= 15 is 0 Å². The van der Waals surface area contributed by atoms with Gasteiger partial charge in [0.1, 0.15) is 6.04 Å². The molecule has 1 N–H and O–H groups in total. The molecular weight excluding hydrogens is 292 g/mol. The lowest BCUT2D eigenvalue weighted by Gasteiger charge is -2.22. The van der Waals surface area contributed by atoms with E-state index in [1.807, 2.05) is 24.3 Å². The maximum absolute atomic E-state index is 12.5. The van der Waals surface area contributed by atoms with E-state index in [4.69, 9.17) is 0 Å². The van der Waals surface area contributed by atoms with Crippen LogP contribution in [-0.4, -0.2) is 52.5 Å². The number of amides is 1. The van der Waals surface area contributed by atoms with Crippen LogP contribution in [0.3, 0.4) is 0 Å². The van der Waals surface area contributed by atoms with Crippen LogP contribution in [0.1, 0.15) is 49.0 Å². The van der Waals surface area contributed by atoms with Crippen molar-refractivity contribution in [1.82, 2.24) is 9.80 Å². The van der Waals surface area contributed by atoms with Crippen LogP contribution < -0.4 is 0 Å². The number of likely N-dealkylation sites (tertiary alicyclic amines) is 1. The fourth-order valence-corrected chi connectivity index (χ4v) is 3.11. The Kier molecular flexibility index (Phi) is 6.16. The third-order valence-electron chi connectivity index (χ3n) is 4.39. The zero-order valence-corrected chi connectivity index (χ0v) is 14.0. The van der Waals surface area contributed by atoms with Gasteiger partial charge in [0.05, 0.1) is 0 Å². The Hall–Kier alpha value is -1.88. The molecule has 0 spiro atoms. The van der Waals surface area contributed by atoms with E-state index in [0.717, 1.165) is 32.5 Å². The number of benzene rings is 1. The molecule has 1 aromatic rings. The lowest BCUT2D eigenvalue weighted by molar-refractivity contribution is -0.141. The van der Waals surface area contributed by atoms with Crippen molar-refractivity contribution < 1.29 is 14.7 Å². The molecule has 0 bridgehead atoms. The van der Waals surface area contributed by atoms with Crippen molar-refractivity contribution >= 4 is 11.9 Å². The number of carboxylic acids is 1. The third-order valence-corrected chi connectivity index (χ3v) is 4.39. The molecule has 1 saturated heterocycles. The van der Waals surface area contributed by atoms with Crippen molar-refractivity contribution in [2.75, 3.05) is 19.6 Å². The van der Waals surface area contributed by atoms with Gasteiger partial charge in [0.25, 0.3) is 5.91 Å². The second kappa shape index (κ2) is 8.11. The Bertz CT molecular complexity index is 542. The molecule has 1 fully saturated rings. The van der Waals surface area contributed by atoms with Gasteiger partial charge in [-0.25, -0.2) is 4.79 Å². The summed E-state index contributed by atoms with van der Waals surface area (Å²) in [5, 5.41) is 9.20. The monoisotopic (exact) mass is 318 g/mol. The molecule has 0 aromatic heterocycles. The first-order valence-corrected chi connectivity index (χ1v) is 8.41. The number of hydrogen-bond acceptors (Lipinski definition) is 3. The first-order chi connectivity index (χ1) is 11.1. The van der Waals surface area contributed by atoms with Crippen LogP contribution in [0.4, 0.5) is 0 Å². The molecule has 1 atom stereocenters. The molecule has 1 heterocycles. The molecule has 2 rings (SSSR count). The second-order valence-electron chi connectivity index (χ2n) is 6.06. The zero-order valence-electron chi connectivity index (χ0n) is 14.0. The molecule has 1 aromatic carbocycles. The van der Waals surface area contributed by atoms with Gasteiger partial charge in [-0.2, -0.15) is 0 Å². The predicted octanol–water partition coefficient (Wildman–Crippen LogP) is 2.61. The fraction of sp³-hybridized carbons (Fsp3) is 0.556. The average Bonchev–Trinajstić information content (AvgIpc) is 3.04.